The van der Waals surface area contributed by atoms with Crippen molar-refractivity contribution >= 4 is 11.9 Å². The molecule has 2 aromatic carbocycles. The van der Waals surface area contributed by atoms with E-state index in [1.165, 1.54) is 4.90 Å². The van der Waals surface area contributed by atoms with Crippen molar-refractivity contribution in [1.29, 1.82) is 0 Å². The Kier molecular flexibility index (Phi) is 5.27. The highest BCUT2D eigenvalue weighted by atomic mass is 16.4. The fourth-order valence-electron chi connectivity index (χ4n) is 2.16. The van der Waals surface area contributed by atoms with Crippen LogP contribution < -0.4 is 0 Å². The summed E-state index contributed by atoms with van der Waals surface area (Å²) >= 11 is 0. The van der Waals surface area contributed by atoms with Gasteiger partial charge in [0, 0.05) is 12.1 Å². The smallest absolute Gasteiger partial charge is 0.328 e. The zero-order chi connectivity index (χ0) is 15.9. The molecule has 2 rings (SSSR count). The Balaban J connectivity index is 2.32. The van der Waals surface area contributed by atoms with E-state index in [4.69, 9.17) is 0 Å². The fraction of sp³-hybridized carbons (Fsp3) is 0.176. The fourth-order valence-corrected chi connectivity index (χ4v) is 2.16. The SMILES string of the molecule is O=C(O)[C@@H](CO)N(Cc1ccccc1)C(=O)c1ccccc1. The molecule has 22 heavy (non-hydrogen) atoms. The largest absolute Gasteiger partial charge is 0.480 e. The summed E-state index contributed by atoms with van der Waals surface area (Å²) in [4.78, 5) is 25.1. The third kappa shape index (κ3) is 3.71. The third-order valence-electron chi connectivity index (χ3n) is 3.31. The van der Waals surface area contributed by atoms with Crippen LogP contribution in [0.5, 0.6) is 0 Å². The van der Waals surface area contributed by atoms with Crippen molar-refractivity contribution in [3.63, 3.8) is 0 Å². The summed E-state index contributed by atoms with van der Waals surface area (Å²) in [6.07, 6.45) is 0. The first-order chi connectivity index (χ1) is 10.6. The second kappa shape index (κ2) is 7.38. The highest BCUT2D eigenvalue weighted by Crippen LogP contribution is 2.14. The number of hydrogen-bond acceptors (Lipinski definition) is 3. The molecule has 0 aliphatic rings. The number of aliphatic carboxylic acids is 1. The Morgan fingerprint density at radius 2 is 1.50 bits per heavy atom. The predicted octanol–water partition coefficient (Wildman–Crippen LogP) is 1.77. The molecule has 5 heteroatoms. The van der Waals surface area contributed by atoms with E-state index >= 15 is 0 Å². The molecular weight excluding hydrogens is 282 g/mol. The van der Waals surface area contributed by atoms with Crippen molar-refractivity contribution in [2.24, 2.45) is 0 Å². The maximum Gasteiger partial charge on any atom is 0.328 e. The topological polar surface area (TPSA) is 77.8 Å². The van der Waals surface area contributed by atoms with E-state index < -0.39 is 24.5 Å². The molecule has 0 spiro atoms. The molecule has 0 unspecified atom stereocenters. The van der Waals surface area contributed by atoms with Crippen LogP contribution in [0.2, 0.25) is 0 Å². The Morgan fingerprint density at radius 1 is 0.955 bits per heavy atom. The van der Waals surface area contributed by atoms with E-state index in [0.29, 0.717) is 5.56 Å². The lowest BCUT2D eigenvalue weighted by atomic mass is 10.1. The maximum atomic E-state index is 12.6. The third-order valence-corrected chi connectivity index (χ3v) is 3.31. The minimum Gasteiger partial charge on any atom is -0.480 e. The Labute approximate surface area is 128 Å². The summed E-state index contributed by atoms with van der Waals surface area (Å²) in [6.45, 7) is -0.521. The van der Waals surface area contributed by atoms with E-state index in [1.807, 2.05) is 30.3 Å². The Hall–Kier alpha value is -2.66. The van der Waals surface area contributed by atoms with Gasteiger partial charge in [-0.1, -0.05) is 48.5 Å². The second-order valence-corrected chi connectivity index (χ2v) is 4.82. The van der Waals surface area contributed by atoms with E-state index in [9.17, 15) is 19.8 Å². The van der Waals surface area contributed by atoms with Gasteiger partial charge in [-0.2, -0.15) is 0 Å². The molecular formula is C17H17NO4. The van der Waals surface area contributed by atoms with Gasteiger partial charge in [-0.15, -0.1) is 0 Å². The van der Waals surface area contributed by atoms with Crippen molar-refractivity contribution in [2.45, 2.75) is 12.6 Å². The van der Waals surface area contributed by atoms with Crippen molar-refractivity contribution in [1.82, 2.24) is 4.90 Å². The maximum absolute atomic E-state index is 12.6. The second-order valence-electron chi connectivity index (χ2n) is 4.82. The van der Waals surface area contributed by atoms with Gasteiger partial charge >= 0.3 is 5.97 Å². The molecule has 0 fully saturated rings. The van der Waals surface area contributed by atoms with Gasteiger partial charge in [0.05, 0.1) is 6.61 Å². The number of hydrogen-bond donors (Lipinski definition) is 2. The molecule has 114 valence electrons. The first-order valence-corrected chi connectivity index (χ1v) is 6.87. The van der Waals surface area contributed by atoms with Crippen LogP contribution in [-0.4, -0.2) is 39.6 Å². The van der Waals surface area contributed by atoms with Gasteiger partial charge in [0.2, 0.25) is 0 Å². The quantitative estimate of drug-likeness (QED) is 0.852. The van der Waals surface area contributed by atoms with Crippen LogP contribution in [0.4, 0.5) is 0 Å². The van der Waals surface area contributed by atoms with Crippen molar-refractivity contribution in [3.8, 4) is 0 Å². The number of carboxylic acid groups (broad SMARTS) is 1. The average molecular weight is 299 g/mol. The number of aliphatic hydroxyl groups excluding tert-OH is 1. The van der Waals surface area contributed by atoms with Gasteiger partial charge in [-0.05, 0) is 17.7 Å². The standard InChI is InChI=1S/C17H17NO4/c19-12-15(17(21)22)18(11-13-7-3-1-4-8-13)16(20)14-9-5-2-6-10-14/h1-10,15,19H,11-12H2,(H,21,22)/t15-/m1/s1. The molecule has 0 aliphatic carbocycles. The summed E-state index contributed by atoms with van der Waals surface area (Å²) in [5.41, 5.74) is 1.18. The first kappa shape index (κ1) is 15.7. The van der Waals surface area contributed by atoms with E-state index in [1.54, 1.807) is 30.3 Å². The molecule has 1 amide bonds. The van der Waals surface area contributed by atoms with Crippen molar-refractivity contribution < 1.29 is 19.8 Å². The highest BCUT2D eigenvalue weighted by molar-refractivity contribution is 5.96. The van der Waals surface area contributed by atoms with E-state index in [2.05, 4.69) is 0 Å². The van der Waals surface area contributed by atoms with Crippen molar-refractivity contribution in [3.05, 3.63) is 71.8 Å². The van der Waals surface area contributed by atoms with Crippen LogP contribution in [0.3, 0.4) is 0 Å². The highest BCUT2D eigenvalue weighted by Gasteiger charge is 2.29. The molecule has 0 bridgehead atoms. The Morgan fingerprint density at radius 3 is 2.00 bits per heavy atom. The molecule has 1 atom stereocenters. The number of rotatable bonds is 6. The number of aliphatic hydroxyl groups is 1. The summed E-state index contributed by atoms with van der Waals surface area (Å²) < 4.78 is 0. The lowest BCUT2D eigenvalue weighted by Crippen LogP contribution is -2.46. The summed E-state index contributed by atoms with van der Waals surface area (Å²) in [5.74, 6) is -1.66. The molecule has 0 saturated carbocycles. The van der Waals surface area contributed by atoms with Crippen molar-refractivity contribution in [2.75, 3.05) is 6.61 Å². The molecule has 5 nitrogen and oxygen atoms in total. The van der Waals surface area contributed by atoms with Crippen LogP contribution in [0.1, 0.15) is 15.9 Å². The molecule has 0 saturated heterocycles. The molecule has 0 heterocycles. The minimum atomic E-state index is -1.28. The zero-order valence-electron chi connectivity index (χ0n) is 11.9. The Bertz CT molecular complexity index is 628. The van der Waals surface area contributed by atoms with E-state index in [-0.39, 0.29) is 6.54 Å². The van der Waals surface area contributed by atoms with Gasteiger partial charge in [0.1, 0.15) is 0 Å². The van der Waals surface area contributed by atoms with Crippen LogP contribution in [0.25, 0.3) is 0 Å². The lowest BCUT2D eigenvalue weighted by Gasteiger charge is -2.28. The summed E-state index contributed by atoms with van der Waals surface area (Å²) in [6, 6.07) is 16.2. The number of nitrogens with zero attached hydrogens (tertiary/aromatic N) is 1. The molecule has 0 aliphatic heterocycles. The van der Waals surface area contributed by atoms with Crippen LogP contribution in [-0.2, 0) is 11.3 Å². The van der Waals surface area contributed by atoms with Crippen LogP contribution >= 0.6 is 0 Å². The zero-order valence-corrected chi connectivity index (χ0v) is 11.9. The molecule has 2 aromatic rings. The average Bonchev–Trinajstić information content (AvgIpc) is 2.55. The van der Waals surface area contributed by atoms with Gasteiger partial charge in [-0.3, -0.25) is 4.79 Å². The predicted molar refractivity (Wildman–Crippen MR) is 81.3 cm³/mol. The van der Waals surface area contributed by atoms with Crippen LogP contribution in [0.15, 0.2) is 60.7 Å². The van der Waals surface area contributed by atoms with Gasteiger partial charge in [0.15, 0.2) is 6.04 Å². The molecule has 0 radical (unpaired) electrons. The number of benzene rings is 2. The molecule has 0 aromatic heterocycles. The normalized spacial score (nSPS) is 11.7. The monoisotopic (exact) mass is 299 g/mol. The number of carbonyl (C=O) groups is 2. The van der Waals surface area contributed by atoms with Crippen LogP contribution in [0, 0.1) is 0 Å². The first-order valence-electron chi connectivity index (χ1n) is 6.87. The number of carboxylic acids is 1. The number of amides is 1. The van der Waals surface area contributed by atoms with E-state index in [0.717, 1.165) is 5.56 Å². The van der Waals surface area contributed by atoms with Gasteiger partial charge in [0.25, 0.3) is 5.91 Å². The van der Waals surface area contributed by atoms with Gasteiger partial charge in [-0.25, -0.2) is 4.79 Å². The summed E-state index contributed by atoms with van der Waals surface area (Å²) in [7, 11) is 0. The number of carbonyl (C=O) groups excluding carboxylic acids is 1. The lowest BCUT2D eigenvalue weighted by molar-refractivity contribution is -0.144. The summed E-state index contributed by atoms with van der Waals surface area (Å²) in [5, 5.41) is 18.6. The van der Waals surface area contributed by atoms with Gasteiger partial charge < -0.3 is 15.1 Å². The molecule has 2 N–H and O–H groups in total. The minimum absolute atomic E-state index is 0.117.